The number of carbonyl (C=O) groups is 1. The van der Waals surface area contributed by atoms with E-state index in [2.05, 4.69) is 127 Å². The number of ether oxygens (including phenoxy) is 3. The van der Waals surface area contributed by atoms with E-state index in [1.807, 2.05) is 25.7 Å². The Labute approximate surface area is 388 Å². The van der Waals surface area contributed by atoms with Crippen LogP contribution in [0.15, 0.2) is 56.8 Å². The van der Waals surface area contributed by atoms with E-state index in [4.69, 9.17) is 31.9 Å². The maximum absolute atomic E-state index is 13.3. The van der Waals surface area contributed by atoms with Crippen LogP contribution in [0.4, 0.5) is 4.79 Å². The van der Waals surface area contributed by atoms with E-state index in [0.29, 0.717) is 32.2 Å². The Kier molecular flexibility index (Phi) is 14.0. The SMILES string of the molecule is CC[C@]12C[C@@H](C)c3occc3[C@@]1(OCCO)CC=C2[C@@H](C)O[Si](C)(C)C(C)(C)C.C[C@@H]1C[C@@]23CN(C(=O)OC(C)(C)C)CCO[C@@]2(CC=C3[C@@H](C)O[Si](C)(C)C(C)(C)C)c2ccoc21. The van der Waals surface area contributed by atoms with Crippen molar-refractivity contribution in [1.82, 2.24) is 4.90 Å². The maximum Gasteiger partial charge on any atom is 0.410 e. The Hall–Kier alpha value is -2.46. The molecule has 1 saturated heterocycles. The number of amides is 1. The fourth-order valence-electron chi connectivity index (χ4n) is 11.7. The number of hydrogen-bond acceptors (Lipinski definition) is 9. The molecule has 5 aliphatic rings. The predicted molar refractivity (Wildman–Crippen MR) is 260 cm³/mol. The van der Waals surface area contributed by atoms with E-state index in [9.17, 15) is 9.90 Å². The minimum atomic E-state index is -2.02. The van der Waals surface area contributed by atoms with Crippen LogP contribution in [-0.4, -0.2) is 83.5 Å². The van der Waals surface area contributed by atoms with Crippen molar-refractivity contribution in [3.63, 3.8) is 0 Å². The van der Waals surface area contributed by atoms with Gasteiger partial charge in [-0.1, -0.05) is 74.5 Å². The molecule has 2 aromatic rings. The van der Waals surface area contributed by atoms with Crippen molar-refractivity contribution in [3.05, 3.63) is 70.6 Å². The van der Waals surface area contributed by atoms with Gasteiger partial charge in [0.15, 0.2) is 16.6 Å². The largest absolute Gasteiger partial charge is 0.469 e. The van der Waals surface area contributed by atoms with Gasteiger partial charge in [0.2, 0.25) is 0 Å². The van der Waals surface area contributed by atoms with Gasteiger partial charge in [-0.25, -0.2) is 4.79 Å². The minimum absolute atomic E-state index is 0.0235. The third-order valence-electron chi connectivity index (χ3n) is 16.6. The van der Waals surface area contributed by atoms with Gasteiger partial charge in [0, 0.05) is 53.3 Å². The average Bonchev–Trinajstić information content (AvgIpc) is 3.96. The molecule has 7 rings (SSSR count). The van der Waals surface area contributed by atoms with Gasteiger partial charge in [-0.05, 0) is 120 Å². The van der Waals surface area contributed by atoms with Crippen LogP contribution < -0.4 is 0 Å². The summed E-state index contributed by atoms with van der Waals surface area (Å²) in [5, 5.41) is 9.83. The van der Waals surface area contributed by atoms with Crippen molar-refractivity contribution in [1.29, 1.82) is 0 Å². The molecule has 0 bridgehead atoms. The number of nitrogens with zero attached hydrogens (tertiary/aromatic N) is 1. The highest BCUT2D eigenvalue weighted by Gasteiger charge is 2.66. The third kappa shape index (κ3) is 8.54. The van der Waals surface area contributed by atoms with Crippen LogP contribution in [0.25, 0.3) is 0 Å². The van der Waals surface area contributed by atoms with E-state index < -0.39 is 38.9 Å². The molecule has 1 fully saturated rings. The second-order valence-corrected chi connectivity index (χ2v) is 33.4. The molecule has 0 radical (unpaired) electrons. The van der Waals surface area contributed by atoms with Crippen molar-refractivity contribution < 1.29 is 41.8 Å². The van der Waals surface area contributed by atoms with E-state index in [1.54, 1.807) is 12.5 Å². The molecule has 0 unspecified atom stereocenters. The molecule has 0 aromatic carbocycles. The Morgan fingerprint density at radius 3 is 1.91 bits per heavy atom. The predicted octanol–water partition coefficient (Wildman–Crippen LogP) is 13.1. The molecule has 0 saturated carbocycles. The smallest absolute Gasteiger partial charge is 0.410 e. The Balaban J connectivity index is 0.000000216. The first-order valence-corrected chi connectivity index (χ1v) is 30.1. The lowest BCUT2D eigenvalue weighted by molar-refractivity contribution is -0.143. The van der Waals surface area contributed by atoms with E-state index in [1.165, 1.54) is 11.1 Å². The highest BCUT2D eigenvalue weighted by atomic mass is 28.4. The van der Waals surface area contributed by atoms with Crippen LogP contribution in [0.2, 0.25) is 36.3 Å². The topological polar surface area (TPSA) is 113 Å². The van der Waals surface area contributed by atoms with Gasteiger partial charge in [0.05, 0.1) is 44.6 Å². The van der Waals surface area contributed by atoms with E-state index in [-0.39, 0.29) is 46.3 Å². The average molecular weight is 924 g/mol. The van der Waals surface area contributed by atoms with Crippen LogP contribution in [0, 0.1) is 10.8 Å². The lowest BCUT2D eigenvalue weighted by Gasteiger charge is -2.53. The van der Waals surface area contributed by atoms with Gasteiger partial charge < -0.3 is 41.9 Å². The summed E-state index contributed by atoms with van der Waals surface area (Å²) < 4.78 is 44.9. The fourth-order valence-corrected chi connectivity index (χ4v) is 14.5. The van der Waals surface area contributed by atoms with Gasteiger partial charge in [0.25, 0.3) is 0 Å². The van der Waals surface area contributed by atoms with E-state index >= 15 is 0 Å². The molecule has 64 heavy (non-hydrogen) atoms. The lowest BCUT2D eigenvalue weighted by Crippen LogP contribution is -2.56. The van der Waals surface area contributed by atoms with E-state index in [0.717, 1.165) is 54.8 Å². The zero-order chi connectivity index (χ0) is 47.7. The van der Waals surface area contributed by atoms with Crippen LogP contribution in [0.3, 0.4) is 0 Å². The summed E-state index contributed by atoms with van der Waals surface area (Å²) in [6.07, 6.45) is 12.4. The number of furan rings is 2. The third-order valence-corrected chi connectivity index (χ3v) is 25.7. The number of carbonyl (C=O) groups excluding carboxylic acids is 1. The summed E-state index contributed by atoms with van der Waals surface area (Å²) in [4.78, 5) is 15.2. The summed E-state index contributed by atoms with van der Waals surface area (Å²) in [6, 6.07) is 4.17. The van der Waals surface area contributed by atoms with Gasteiger partial charge in [-0.2, -0.15) is 0 Å². The summed E-state index contributed by atoms with van der Waals surface area (Å²) >= 11 is 0. The Morgan fingerprint density at radius 2 is 1.36 bits per heavy atom. The molecule has 3 heterocycles. The van der Waals surface area contributed by atoms with Crippen LogP contribution in [0.1, 0.15) is 164 Å². The highest BCUT2D eigenvalue weighted by molar-refractivity contribution is 6.74. The first-order valence-electron chi connectivity index (χ1n) is 24.3. The lowest BCUT2D eigenvalue weighted by atomic mass is 9.57. The van der Waals surface area contributed by atoms with Gasteiger partial charge in [-0.3, -0.25) is 0 Å². The molecule has 360 valence electrons. The van der Waals surface area contributed by atoms with Gasteiger partial charge in [-0.15, -0.1) is 0 Å². The first-order chi connectivity index (χ1) is 29.5. The fraction of sp³-hybridized carbons (Fsp3) is 0.750. The molecule has 2 aromatic heterocycles. The van der Waals surface area contributed by atoms with Crippen molar-refractivity contribution in [2.24, 2.45) is 10.8 Å². The first kappa shape index (κ1) is 50.9. The molecule has 4 aliphatic carbocycles. The number of hydrogen-bond donors (Lipinski definition) is 1. The van der Waals surface area contributed by atoms with Gasteiger partial charge in [0.1, 0.15) is 28.3 Å². The zero-order valence-electron chi connectivity index (χ0n) is 43.0. The highest BCUT2D eigenvalue weighted by Crippen LogP contribution is 2.67. The standard InChI is InChI=1S/C28H45NO5Si.C24H40O4Si/c1-19-17-27-18-29(24(30)33-25(3,4)5)14-16-32-28(27,22-12-15-31-23(19)22)13-11-21(27)20(2)34-35(9,10)26(6,7)8;1-9-23-16-17(2)21-20(11-14-26-21)24(23,27-15-13-25)12-10-19(23)18(3)28-29(7,8)22(4,5)6/h11-12,15,19-20H,13-14,16-18H2,1-10H3;10-11,14,17-18,25H,9,12-13,15-16H2,1-8H3/t19-,20-,27+,28+;17-,18-,23-,24+/m11/s1. The molecular weight excluding hydrogens is 839 g/mol. The summed E-state index contributed by atoms with van der Waals surface area (Å²) in [6.45, 7) is 41.7. The Bertz CT molecular complexity index is 2050. The normalized spacial score (nSPS) is 30.3. The monoisotopic (exact) mass is 924 g/mol. The van der Waals surface area contributed by atoms with Crippen molar-refractivity contribution >= 4 is 22.7 Å². The number of aliphatic hydroxyl groups is 1. The molecule has 0 spiro atoms. The molecule has 1 N–H and O–H groups in total. The summed E-state index contributed by atoms with van der Waals surface area (Å²) in [5.41, 5.74) is 2.81. The van der Waals surface area contributed by atoms with Crippen LogP contribution in [0.5, 0.6) is 0 Å². The second-order valence-electron chi connectivity index (χ2n) is 23.9. The molecular formula is C52H85NO9Si2. The number of rotatable bonds is 10. The number of aliphatic hydroxyl groups excluding tert-OH is 1. The van der Waals surface area contributed by atoms with Crippen molar-refractivity contribution in [3.8, 4) is 0 Å². The maximum atomic E-state index is 13.3. The van der Waals surface area contributed by atoms with Crippen molar-refractivity contribution in [2.75, 3.05) is 32.9 Å². The van der Waals surface area contributed by atoms with Crippen molar-refractivity contribution in [2.45, 2.75) is 206 Å². The summed E-state index contributed by atoms with van der Waals surface area (Å²) in [7, 11) is -3.92. The van der Waals surface area contributed by atoms with Gasteiger partial charge >= 0.3 is 6.09 Å². The van der Waals surface area contributed by atoms with Crippen LogP contribution in [-0.2, 0) is 34.3 Å². The zero-order valence-corrected chi connectivity index (χ0v) is 45.0. The Morgan fingerprint density at radius 1 is 0.828 bits per heavy atom. The second kappa shape index (κ2) is 17.6. The molecule has 1 aliphatic heterocycles. The molecule has 10 nitrogen and oxygen atoms in total. The molecule has 12 heteroatoms. The molecule has 1 amide bonds. The quantitative estimate of drug-likeness (QED) is 0.184. The minimum Gasteiger partial charge on any atom is -0.469 e. The van der Waals surface area contributed by atoms with Crippen LogP contribution >= 0.6 is 0 Å². The molecule has 8 atom stereocenters. The summed E-state index contributed by atoms with van der Waals surface area (Å²) in [5.74, 6) is 2.59. The number of fused-ring (bicyclic) bond motifs is 4.